The van der Waals surface area contributed by atoms with Crippen LogP contribution in [0.3, 0.4) is 0 Å². The number of hydrazone groups is 1. The third kappa shape index (κ3) is 7.32. The fraction of sp³-hybridized carbons (Fsp3) is 0.120. The van der Waals surface area contributed by atoms with Crippen LogP contribution >= 0.6 is 0 Å². The van der Waals surface area contributed by atoms with Gasteiger partial charge in [-0.3, -0.25) is 14.4 Å². The van der Waals surface area contributed by atoms with Gasteiger partial charge in [0.25, 0.3) is 5.91 Å². The molecule has 0 fully saturated rings. The van der Waals surface area contributed by atoms with E-state index in [0.29, 0.717) is 22.7 Å². The van der Waals surface area contributed by atoms with Gasteiger partial charge < -0.3 is 15.4 Å². The van der Waals surface area contributed by atoms with Crippen LogP contribution in [0.1, 0.15) is 16.7 Å². The molecule has 0 radical (unpaired) electrons. The van der Waals surface area contributed by atoms with Crippen molar-refractivity contribution in [3.63, 3.8) is 0 Å². The Morgan fingerprint density at radius 2 is 1.58 bits per heavy atom. The number of anilines is 2. The maximum atomic E-state index is 12.2. The van der Waals surface area contributed by atoms with E-state index in [1.807, 2.05) is 44.2 Å². The second kappa shape index (κ2) is 11.2. The summed E-state index contributed by atoms with van der Waals surface area (Å²) in [6, 6.07) is 21.4. The highest BCUT2D eigenvalue weighted by molar-refractivity contribution is 6.39. The number of amides is 3. The molecule has 8 heteroatoms. The molecule has 0 saturated carbocycles. The minimum atomic E-state index is -0.914. The zero-order valence-electron chi connectivity index (χ0n) is 18.3. The smallest absolute Gasteiger partial charge is 0.329 e. The number of nitrogens with one attached hydrogen (secondary N) is 3. The topological polar surface area (TPSA) is 109 Å². The Balaban J connectivity index is 1.52. The van der Waals surface area contributed by atoms with Crippen molar-refractivity contribution < 1.29 is 19.1 Å². The van der Waals surface area contributed by atoms with Crippen molar-refractivity contribution in [3.8, 4) is 5.75 Å². The van der Waals surface area contributed by atoms with Gasteiger partial charge in [0.15, 0.2) is 6.61 Å². The molecule has 0 aliphatic rings. The molecular formula is C25H24N4O4. The molecule has 0 aliphatic carbocycles. The van der Waals surface area contributed by atoms with Crippen LogP contribution in [0.4, 0.5) is 11.4 Å². The third-order valence-electron chi connectivity index (χ3n) is 4.47. The maximum Gasteiger partial charge on any atom is 0.329 e. The summed E-state index contributed by atoms with van der Waals surface area (Å²) in [5.41, 5.74) is 5.97. The van der Waals surface area contributed by atoms with Crippen molar-refractivity contribution in [2.75, 3.05) is 17.2 Å². The quantitative estimate of drug-likeness (QED) is 0.295. The molecule has 168 valence electrons. The molecule has 33 heavy (non-hydrogen) atoms. The summed E-state index contributed by atoms with van der Waals surface area (Å²) in [5, 5.41) is 9.08. The average molecular weight is 444 g/mol. The van der Waals surface area contributed by atoms with Crippen LogP contribution in [0, 0.1) is 13.8 Å². The molecule has 0 heterocycles. The van der Waals surface area contributed by atoms with Gasteiger partial charge in [0.2, 0.25) is 0 Å². The van der Waals surface area contributed by atoms with Gasteiger partial charge >= 0.3 is 11.8 Å². The van der Waals surface area contributed by atoms with Gasteiger partial charge in [0.05, 0.1) is 6.21 Å². The Bertz CT molecular complexity index is 1170. The van der Waals surface area contributed by atoms with Crippen LogP contribution in [0.2, 0.25) is 0 Å². The molecular weight excluding hydrogens is 420 g/mol. The molecule has 0 saturated heterocycles. The predicted octanol–water partition coefficient (Wildman–Crippen LogP) is 3.41. The Labute approximate surface area is 191 Å². The SMILES string of the molecule is Cc1ccc(NC(=O)C(=O)N/N=C\c2ccccc2OCC(=O)Nc2cccc(C)c2)cc1. The van der Waals surface area contributed by atoms with E-state index < -0.39 is 11.8 Å². The lowest BCUT2D eigenvalue weighted by atomic mass is 10.2. The fourth-order valence-electron chi connectivity index (χ4n) is 2.82. The van der Waals surface area contributed by atoms with Gasteiger partial charge in [-0.1, -0.05) is 42.0 Å². The summed E-state index contributed by atoms with van der Waals surface area (Å²) in [5.74, 6) is -1.66. The molecule has 3 aromatic rings. The highest BCUT2D eigenvalue weighted by atomic mass is 16.5. The summed E-state index contributed by atoms with van der Waals surface area (Å²) in [6.07, 6.45) is 1.34. The molecule has 0 aliphatic heterocycles. The van der Waals surface area contributed by atoms with E-state index in [-0.39, 0.29) is 12.5 Å². The first-order chi connectivity index (χ1) is 15.9. The van der Waals surface area contributed by atoms with Gasteiger partial charge in [0, 0.05) is 16.9 Å². The fourth-order valence-corrected chi connectivity index (χ4v) is 2.82. The summed E-state index contributed by atoms with van der Waals surface area (Å²) in [7, 11) is 0. The zero-order chi connectivity index (χ0) is 23.6. The number of rotatable bonds is 7. The molecule has 3 N–H and O–H groups in total. The van der Waals surface area contributed by atoms with Crippen molar-refractivity contribution in [3.05, 3.63) is 89.5 Å². The molecule has 3 rings (SSSR count). The summed E-state index contributed by atoms with van der Waals surface area (Å²) in [4.78, 5) is 36.2. The molecule has 0 atom stereocenters. The van der Waals surface area contributed by atoms with Crippen LogP contribution in [0.5, 0.6) is 5.75 Å². The van der Waals surface area contributed by atoms with Gasteiger partial charge in [-0.2, -0.15) is 5.10 Å². The van der Waals surface area contributed by atoms with E-state index in [1.54, 1.807) is 42.5 Å². The second-order valence-electron chi connectivity index (χ2n) is 7.26. The predicted molar refractivity (Wildman–Crippen MR) is 127 cm³/mol. The number of aryl methyl sites for hydroxylation is 2. The molecule has 8 nitrogen and oxygen atoms in total. The second-order valence-corrected chi connectivity index (χ2v) is 7.26. The number of hydrogen-bond acceptors (Lipinski definition) is 5. The van der Waals surface area contributed by atoms with Crippen LogP contribution in [-0.4, -0.2) is 30.5 Å². The van der Waals surface area contributed by atoms with Gasteiger partial charge in [-0.05, 0) is 55.8 Å². The van der Waals surface area contributed by atoms with Gasteiger partial charge in [0.1, 0.15) is 5.75 Å². The summed E-state index contributed by atoms with van der Waals surface area (Å²) >= 11 is 0. The van der Waals surface area contributed by atoms with Crippen molar-refractivity contribution >= 4 is 35.3 Å². The Kier molecular flexibility index (Phi) is 7.91. The zero-order valence-corrected chi connectivity index (χ0v) is 18.3. The van der Waals surface area contributed by atoms with Crippen molar-refractivity contribution in [2.24, 2.45) is 5.10 Å². The van der Waals surface area contributed by atoms with Crippen molar-refractivity contribution in [1.29, 1.82) is 0 Å². The first-order valence-electron chi connectivity index (χ1n) is 10.2. The third-order valence-corrected chi connectivity index (χ3v) is 4.47. The monoisotopic (exact) mass is 444 g/mol. The molecule has 3 amide bonds. The molecule has 0 unspecified atom stereocenters. The van der Waals surface area contributed by atoms with Gasteiger partial charge in [-0.25, -0.2) is 5.43 Å². The van der Waals surface area contributed by atoms with E-state index in [0.717, 1.165) is 11.1 Å². The van der Waals surface area contributed by atoms with E-state index in [2.05, 4.69) is 21.2 Å². The average Bonchev–Trinajstić information content (AvgIpc) is 2.80. The number of ether oxygens (including phenoxy) is 1. The molecule has 0 bridgehead atoms. The number of nitrogens with zero attached hydrogens (tertiary/aromatic N) is 1. The maximum absolute atomic E-state index is 12.2. The van der Waals surface area contributed by atoms with Gasteiger partial charge in [-0.15, -0.1) is 0 Å². The van der Waals surface area contributed by atoms with E-state index in [9.17, 15) is 14.4 Å². The lowest BCUT2D eigenvalue weighted by Crippen LogP contribution is -2.32. The lowest BCUT2D eigenvalue weighted by molar-refractivity contribution is -0.136. The largest absolute Gasteiger partial charge is 0.483 e. The van der Waals surface area contributed by atoms with E-state index in [4.69, 9.17) is 4.74 Å². The highest BCUT2D eigenvalue weighted by Gasteiger charge is 2.13. The highest BCUT2D eigenvalue weighted by Crippen LogP contribution is 2.16. The normalized spacial score (nSPS) is 10.5. The summed E-state index contributed by atoms with van der Waals surface area (Å²) in [6.45, 7) is 3.65. The Morgan fingerprint density at radius 1 is 0.818 bits per heavy atom. The lowest BCUT2D eigenvalue weighted by Gasteiger charge is -2.10. The number of benzene rings is 3. The summed E-state index contributed by atoms with van der Waals surface area (Å²) < 4.78 is 5.60. The first-order valence-corrected chi connectivity index (χ1v) is 10.2. The standard InChI is InChI=1S/C25H24N4O4/c1-17-10-12-20(13-11-17)28-24(31)25(32)29-26-15-19-7-3-4-9-22(19)33-16-23(30)27-21-8-5-6-18(2)14-21/h3-15H,16H2,1-2H3,(H,27,30)(H,28,31)(H,29,32)/b26-15-. The Hall–Kier alpha value is -4.46. The van der Waals surface area contributed by atoms with E-state index in [1.165, 1.54) is 6.21 Å². The molecule has 3 aromatic carbocycles. The minimum absolute atomic E-state index is 0.204. The van der Waals surface area contributed by atoms with Crippen LogP contribution < -0.4 is 20.8 Å². The van der Waals surface area contributed by atoms with Crippen LogP contribution in [0.25, 0.3) is 0 Å². The van der Waals surface area contributed by atoms with E-state index >= 15 is 0 Å². The van der Waals surface area contributed by atoms with Crippen molar-refractivity contribution in [2.45, 2.75) is 13.8 Å². The number of carbonyl (C=O) groups excluding carboxylic acids is 3. The molecule has 0 aromatic heterocycles. The molecule has 0 spiro atoms. The van der Waals surface area contributed by atoms with Crippen LogP contribution in [-0.2, 0) is 14.4 Å². The van der Waals surface area contributed by atoms with Crippen molar-refractivity contribution in [1.82, 2.24) is 5.43 Å². The minimum Gasteiger partial charge on any atom is -0.483 e. The number of hydrogen-bond donors (Lipinski definition) is 3. The number of carbonyl (C=O) groups is 3. The number of para-hydroxylation sites is 1. The Morgan fingerprint density at radius 3 is 2.33 bits per heavy atom. The first kappa shape index (κ1) is 23.2. The van der Waals surface area contributed by atoms with Crippen LogP contribution in [0.15, 0.2) is 77.9 Å².